The number of carbonyl (C=O) groups excluding carboxylic acids is 1. The molecule has 6 heteroatoms. The Kier molecular flexibility index (Phi) is 4.99. The highest BCUT2D eigenvalue weighted by molar-refractivity contribution is 9.10. The predicted octanol–water partition coefficient (Wildman–Crippen LogP) is 1.66. The average molecular weight is 338 g/mol. The lowest BCUT2D eigenvalue weighted by Gasteiger charge is -2.36. The number of carbonyl (C=O) groups is 1. The minimum atomic E-state index is -0.398. The van der Waals surface area contributed by atoms with Crippen LogP contribution in [0, 0.1) is 11.3 Å². The number of likely N-dealkylation sites (N-methyl/N-ethyl adjacent to an activating group) is 1. The zero-order valence-corrected chi connectivity index (χ0v) is 12.8. The van der Waals surface area contributed by atoms with E-state index in [1.165, 1.54) is 0 Å². The third kappa shape index (κ3) is 2.94. The molecule has 0 radical (unpaired) electrons. The fraction of sp³-hybridized carbons (Fsp3) is 0.429. The fourth-order valence-electron chi connectivity index (χ4n) is 2.26. The number of halogens is 1. The smallest absolute Gasteiger partial charge is 0.245 e. The zero-order chi connectivity index (χ0) is 14.5. The fourth-order valence-corrected chi connectivity index (χ4v) is 2.71. The van der Waals surface area contributed by atoms with Gasteiger partial charge in [0, 0.05) is 17.6 Å². The number of morpholine rings is 1. The van der Waals surface area contributed by atoms with Crippen LogP contribution in [-0.2, 0) is 9.53 Å². The minimum absolute atomic E-state index is 0.0731. The zero-order valence-electron chi connectivity index (χ0n) is 11.2. The summed E-state index contributed by atoms with van der Waals surface area (Å²) in [5.41, 5.74) is 1.31. The first-order valence-corrected chi connectivity index (χ1v) is 7.29. The largest absolute Gasteiger partial charge is 0.377 e. The molecule has 1 aromatic carbocycles. The van der Waals surface area contributed by atoms with Gasteiger partial charge in [-0.1, -0.05) is 6.07 Å². The average Bonchev–Trinajstić information content (AvgIpc) is 2.47. The van der Waals surface area contributed by atoms with Crippen LogP contribution in [0.5, 0.6) is 0 Å². The van der Waals surface area contributed by atoms with Crippen LogP contribution in [0.3, 0.4) is 0 Å². The van der Waals surface area contributed by atoms with Gasteiger partial charge in [0.15, 0.2) is 0 Å². The molecule has 1 aromatic rings. The predicted molar refractivity (Wildman–Crippen MR) is 79.5 cm³/mol. The first-order valence-electron chi connectivity index (χ1n) is 6.49. The molecule has 1 unspecified atom stereocenters. The third-order valence-electron chi connectivity index (χ3n) is 3.19. The normalized spacial score (nSPS) is 18.4. The van der Waals surface area contributed by atoms with Gasteiger partial charge in [-0.15, -0.1) is 0 Å². The van der Waals surface area contributed by atoms with Crippen LogP contribution in [0.4, 0.5) is 5.69 Å². The lowest BCUT2D eigenvalue weighted by molar-refractivity contribution is -0.124. The molecule has 106 valence electrons. The van der Waals surface area contributed by atoms with Gasteiger partial charge in [0.25, 0.3) is 0 Å². The summed E-state index contributed by atoms with van der Waals surface area (Å²) in [6.45, 7) is 3.93. The van der Waals surface area contributed by atoms with Crippen molar-refractivity contribution >= 4 is 27.5 Å². The maximum Gasteiger partial charge on any atom is 0.245 e. The molecule has 0 aromatic heterocycles. The number of benzene rings is 1. The summed E-state index contributed by atoms with van der Waals surface area (Å²) in [4.78, 5) is 14.1. The number of anilines is 1. The Labute approximate surface area is 126 Å². The van der Waals surface area contributed by atoms with E-state index in [1.54, 1.807) is 0 Å². The maximum absolute atomic E-state index is 12.1. The van der Waals surface area contributed by atoms with Crippen molar-refractivity contribution in [3.63, 3.8) is 0 Å². The van der Waals surface area contributed by atoms with Crippen LogP contribution in [0.15, 0.2) is 22.7 Å². The number of rotatable bonds is 3. The highest BCUT2D eigenvalue weighted by Crippen LogP contribution is 2.29. The van der Waals surface area contributed by atoms with Crippen LogP contribution >= 0.6 is 15.9 Å². The van der Waals surface area contributed by atoms with Crippen molar-refractivity contribution in [1.29, 1.82) is 5.26 Å². The standard InChI is InChI=1S/C14H16BrN3O2/c1-2-17-14(19)13-9-20-7-6-18(13)12-5-3-4-11(15)10(12)8-16/h3-5,13H,2,6-7,9H2,1H3,(H,17,19). The van der Waals surface area contributed by atoms with Crippen LogP contribution in [-0.4, -0.2) is 38.3 Å². The second-order valence-electron chi connectivity index (χ2n) is 4.42. The number of amides is 1. The Balaban J connectivity index is 2.36. The van der Waals surface area contributed by atoms with Crippen molar-refractivity contribution in [3.05, 3.63) is 28.2 Å². The minimum Gasteiger partial charge on any atom is -0.377 e. The first-order chi connectivity index (χ1) is 9.69. The number of nitriles is 1. The van der Waals surface area contributed by atoms with Crippen molar-refractivity contribution in [2.24, 2.45) is 0 Å². The number of nitrogens with one attached hydrogen (secondary N) is 1. The van der Waals surface area contributed by atoms with E-state index in [4.69, 9.17) is 4.74 Å². The van der Waals surface area contributed by atoms with Crippen molar-refractivity contribution in [3.8, 4) is 6.07 Å². The Bertz CT molecular complexity index is 542. The SMILES string of the molecule is CCNC(=O)C1COCCN1c1cccc(Br)c1C#N. The van der Waals surface area contributed by atoms with E-state index in [0.717, 1.165) is 10.2 Å². The molecule has 0 saturated carbocycles. The molecule has 1 aliphatic heterocycles. The van der Waals surface area contributed by atoms with E-state index in [1.807, 2.05) is 30.0 Å². The molecule has 1 aliphatic rings. The van der Waals surface area contributed by atoms with Crippen LogP contribution in [0.25, 0.3) is 0 Å². The summed E-state index contributed by atoms with van der Waals surface area (Å²) in [5.74, 6) is -0.0731. The number of ether oxygens (including phenoxy) is 1. The molecule has 1 fully saturated rings. The maximum atomic E-state index is 12.1. The summed E-state index contributed by atoms with van der Waals surface area (Å²) in [7, 11) is 0. The summed E-state index contributed by atoms with van der Waals surface area (Å²) >= 11 is 3.38. The summed E-state index contributed by atoms with van der Waals surface area (Å²) < 4.78 is 6.14. The molecule has 1 heterocycles. The van der Waals surface area contributed by atoms with Crippen molar-refractivity contribution < 1.29 is 9.53 Å². The van der Waals surface area contributed by atoms with E-state index < -0.39 is 6.04 Å². The quantitative estimate of drug-likeness (QED) is 0.910. The number of hydrogen-bond donors (Lipinski definition) is 1. The van der Waals surface area contributed by atoms with Gasteiger partial charge < -0.3 is 15.0 Å². The molecular weight excluding hydrogens is 322 g/mol. The molecule has 2 rings (SSSR count). The molecular formula is C14H16BrN3O2. The Morgan fingerprint density at radius 3 is 3.15 bits per heavy atom. The molecule has 1 N–H and O–H groups in total. The van der Waals surface area contributed by atoms with Crippen molar-refractivity contribution in [2.45, 2.75) is 13.0 Å². The molecule has 5 nitrogen and oxygen atoms in total. The topological polar surface area (TPSA) is 65.4 Å². The van der Waals surface area contributed by atoms with Crippen LogP contribution < -0.4 is 10.2 Å². The molecule has 1 saturated heterocycles. The van der Waals surface area contributed by atoms with Crippen molar-refractivity contribution in [1.82, 2.24) is 5.32 Å². The second-order valence-corrected chi connectivity index (χ2v) is 5.28. The van der Waals surface area contributed by atoms with Crippen molar-refractivity contribution in [2.75, 3.05) is 31.2 Å². The van der Waals surface area contributed by atoms with E-state index in [2.05, 4.69) is 27.3 Å². The Hall–Kier alpha value is -1.58. The van der Waals surface area contributed by atoms with E-state index in [9.17, 15) is 10.1 Å². The molecule has 0 aliphatic carbocycles. The highest BCUT2D eigenvalue weighted by Gasteiger charge is 2.30. The summed E-state index contributed by atoms with van der Waals surface area (Å²) in [6.07, 6.45) is 0. The van der Waals surface area contributed by atoms with Gasteiger partial charge in [-0.25, -0.2) is 0 Å². The first kappa shape index (κ1) is 14.8. The molecule has 20 heavy (non-hydrogen) atoms. The van der Waals surface area contributed by atoms with E-state index in [-0.39, 0.29) is 5.91 Å². The monoisotopic (exact) mass is 337 g/mol. The van der Waals surface area contributed by atoms with Crippen LogP contribution in [0.1, 0.15) is 12.5 Å². The molecule has 1 amide bonds. The molecule has 1 atom stereocenters. The number of hydrogen-bond acceptors (Lipinski definition) is 4. The summed E-state index contributed by atoms with van der Waals surface area (Å²) in [6, 6.07) is 7.34. The Morgan fingerprint density at radius 1 is 1.65 bits per heavy atom. The van der Waals surface area contributed by atoms with Gasteiger partial charge in [-0.3, -0.25) is 4.79 Å². The molecule has 0 spiro atoms. The number of nitrogens with zero attached hydrogens (tertiary/aromatic N) is 2. The van der Waals surface area contributed by atoms with Gasteiger partial charge >= 0.3 is 0 Å². The third-order valence-corrected chi connectivity index (χ3v) is 3.86. The van der Waals surface area contributed by atoms with Crippen LogP contribution in [0.2, 0.25) is 0 Å². The summed E-state index contributed by atoms with van der Waals surface area (Å²) in [5, 5.41) is 12.1. The van der Waals surface area contributed by atoms with E-state index >= 15 is 0 Å². The van der Waals surface area contributed by atoms with Gasteiger partial charge in [-0.05, 0) is 35.0 Å². The van der Waals surface area contributed by atoms with E-state index in [0.29, 0.717) is 31.9 Å². The van der Waals surface area contributed by atoms with Gasteiger partial charge in [0.1, 0.15) is 12.1 Å². The van der Waals surface area contributed by atoms with Gasteiger partial charge in [0.05, 0.1) is 24.5 Å². The second kappa shape index (κ2) is 6.73. The van der Waals surface area contributed by atoms with Gasteiger partial charge in [-0.2, -0.15) is 5.26 Å². The van der Waals surface area contributed by atoms with Gasteiger partial charge in [0.2, 0.25) is 5.91 Å². The molecule has 0 bridgehead atoms. The lowest BCUT2D eigenvalue weighted by Crippen LogP contribution is -2.54. The highest BCUT2D eigenvalue weighted by atomic mass is 79.9. The lowest BCUT2D eigenvalue weighted by atomic mass is 10.1. The Morgan fingerprint density at radius 2 is 2.45 bits per heavy atom.